The molecule has 2 rings (SSSR count). The van der Waals surface area contributed by atoms with E-state index in [2.05, 4.69) is 29.7 Å². The van der Waals surface area contributed by atoms with Gasteiger partial charge in [0.05, 0.1) is 6.04 Å². The molecule has 2 aromatic carbocycles. The predicted octanol–water partition coefficient (Wildman–Crippen LogP) is 4.25. The van der Waals surface area contributed by atoms with Gasteiger partial charge in [-0.2, -0.15) is 5.26 Å². The predicted molar refractivity (Wildman–Crippen MR) is 101 cm³/mol. The van der Waals surface area contributed by atoms with Crippen LogP contribution < -0.4 is 10.6 Å². The summed E-state index contributed by atoms with van der Waals surface area (Å²) in [6, 6.07) is 17.6. The molecular weight excluding hydrogens is 310 g/mol. The average Bonchev–Trinajstić information content (AvgIpc) is 2.63. The van der Waals surface area contributed by atoms with Crippen molar-refractivity contribution >= 4 is 11.6 Å². The van der Waals surface area contributed by atoms with Crippen molar-refractivity contribution in [2.75, 3.05) is 5.32 Å². The van der Waals surface area contributed by atoms with E-state index < -0.39 is 5.91 Å². The lowest BCUT2D eigenvalue weighted by atomic mass is 10.0. The number of nitrogens with one attached hydrogen (secondary N) is 2. The second-order valence-electron chi connectivity index (χ2n) is 5.92. The van der Waals surface area contributed by atoms with Gasteiger partial charge in [-0.1, -0.05) is 49.4 Å². The highest BCUT2D eigenvalue weighted by molar-refractivity contribution is 5.97. The first-order chi connectivity index (χ1) is 12.0. The molecule has 0 radical (unpaired) electrons. The number of hydrogen-bond donors (Lipinski definition) is 2. The monoisotopic (exact) mass is 333 g/mol. The molecule has 1 unspecified atom stereocenters. The molecule has 0 bridgehead atoms. The molecule has 25 heavy (non-hydrogen) atoms. The Morgan fingerprint density at radius 1 is 1.20 bits per heavy atom. The molecule has 2 N–H and O–H groups in total. The fraction of sp³-hybridized carbons (Fsp3) is 0.238. The molecule has 0 heterocycles. The summed E-state index contributed by atoms with van der Waals surface area (Å²) >= 11 is 0. The SMILES string of the molecule is CCc1ccc(C(C)NC(=O)/C(C#N)=C\Nc2ccccc2C)cc1. The minimum Gasteiger partial charge on any atom is -0.360 e. The van der Waals surface area contributed by atoms with E-state index >= 15 is 0 Å². The number of nitriles is 1. The lowest BCUT2D eigenvalue weighted by Gasteiger charge is -2.14. The fourth-order valence-electron chi connectivity index (χ4n) is 2.43. The Hall–Kier alpha value is -3.06. The largest absolute Gasteiger partial charge is 0.360 e. The molecule has 0 aliphatic rings. The fourth-order valence-corrected chi connectivity index (χ4v) is 2.43. The van der Waals surface area contributed by atoms with Crippen LogP contribution in [0, 0.1) is 18.3 Å². The molecular formula is C21H23N3O. The van der Waals surface area contributed by atoms with E-state index in [9.17, 15) is 10.1 Å². The van der Waals surface area contributed by atoms with Crippen molar-refractivity contribution in [1.29, 1.82) is 5.26 Å². The molecule has 0 aliphatic heterocycles. The molecule has 4 nitrogen and oxygen atoms in total. The molecule has 4 heteroatoms. The van der Waals surface area contributed by atoms with Crippen molar-refractivity contribution in [2.45, 2.75) is 33.2 Å². The minimum atomic E-state index is -0.393. The van der Waals surface area contributed by atoms with Crippen LogP contribution in [0.4, 0.5) is 5.69 Å². The van der Waals surface area contributed by atoms with Crippen LogP contribution in [-0.2, 0) is 11.2 Å². The zero-order valence-corrected chi connectivity index (χ0v) is 14.8. The standard InChI is InChI=1S/C21H23N3O/c1-4-17-9-11-18(12-10-17)16(3)24-21(25)19(13-22)14-23-20-8-6-5-7-15(20)2/h5-12,14,16,23H,4H2,1-3H3,(H,24,25)/b19-14-. The lowest BCUT2D eigenvalue weighted by Crippen LogP contribution is -2.28. The summed E-state index contributed by atoms with van der Waals surface area (Å²) in [6.07, 6.45) is 2.43. The van der Waals surface area contributed by atoms with Gasteiger partial charge in [0.2, 0.25) is 0 Å². The summed E-state index contributed by atoms with van der Waals surface area (Å²) < 4.78 is 0. The smallest absolute Gasteiger partial charge is 0.263 e. The first kappa shape index (κ1) is 18.3. The van der Waals surface area contributed by atoms with Crippen molar-refractivity contribution in [3.05, 3.63) is 77.0 Å². The van der Waals surface area contributed by atoms with Crippen LogP contribution in [0.5, 0.6) is 0 Å². The number of aryl methyl sites for hydroxylation is 2. The van der Waals surface area contributed by atoms with E-state index in [4.69, 9.17) is 0 Å². The van der Waals surface area contributed by atoms with E-state index in [1.165, 1.54) is 11.8 Å². The number of para-hydroxylation sites is 1. The van der Waals surface area contributed by atoms with Crippen LogP contribution in [-0.4, -0.2) is 5.91 Å². The maximum atomic E-state index is 12.3. The van der Waals surface area contributed by atoms with E-state index in [-0.39, 0.29) is 11.6 Å². The average molecular weight is 333 g/mol. The number of hydrogen-bond acceptors (Lipinski definition) is 3. The van der Waals surface area contributed by atoms with Crippen LogP contribution >= 0.6 is 0 Å². The van der Waals surface area contributed by atoms with E-state index in [1.807, 2.05) is 56.3 Å². The highest BCUT2D eigenvalue weighted by Gasteiger charge is 2.13. The molecule has 0 aliphatic carbocycles. The minimum absolute atomic E-state index is 0.0419. The molecule has 0 fully saturated rings. The molecule has 0 spiro atoms. The van der Waals surface area contributed by atoms with E-state index in [1.54, 1.807) is 0 Å². The van der Waals surface area contributed by atoms with Crippen molar-refractivity contribution in [3.63, 3.8) is 0 Å². The maximum Gasteiger partial charge on any atom is 0.263 e. The number of carbonyl (C=O) groups excluding carboxylic acids is 1. The summed E-state index contributed by atoms with van der Waals surface area (Å²) in [4.78, 5) is 12.3. The Labute approximate surface area is 149 Å². The number of carbonyl (C=O) groups is 1. The number of nitrogens with zero attached hydrogens (tertiary/aromatic N) is 1. The summed E-state index contributed by atoms with van der Waals surface area (Å²) in [5.74, 6) is -0.393. The van der Waals surface area contributed by atoms with Crippen molar-refractivity contribution < 1.29 is 4.79 Å². The van der Waals surface area contributed by atoms with Gasteiger partial charge in [-0.3, -0.25) is 4.79 Å². The molecule has 1 atom stereocenters. The third-order valence-electron chi connectivity index (χ3n) is 4.12. The zero-order chi connectivity index (χ0) is 18.2. The molecule has 1 amide bonds. The third-order valence-corrected chi connectivity index (χ3v) is 4.12. The molecule has 2 aromatic rings. The van der Waals surface area contributed by atoms with Crippen molar-refractivity contribution in [2.24, 2.45) is 0 Å². The first-order valence-electron chi connectivity index (χ1n) is 8.37. The number of amides is 1. The zero-order valence-electron chi connectivity index (χ0n) is 14.8. The van der Waals surface area contributed by atoms with Gasteiger partial charge in [-0.25, -0.2) is 0 Å². The van der Waals surface area contributed by atoms with Crippen molar-refractivity contribution in [1.82, 2.24) is 5.32 Å². The van der Waals surface area contributed by atoms with E-state index in [0.717, 1.165) is 23.2 Å². The summed E-state index contributed by atoms with van der Waals surface area (Å²) in [6.45, 7) is 5.97. The van der Waals surface area contributed by atoms with Gasteiger partial charge in [0.15, 0.2) is 0 Å². The second kappa shape index (κ2) is 8.70. The van der Waals surface area contributed by atoms with Crippen LogP contribution in [0.15, 0.2) is 60.3 Å². The number of benzene rings is 2. The summed E-state index contributed by atoms with van der Waals surface area (Å²) in [7, 11) is 0. The van der Waals surface area contributed by atoms with Crippen molar-refractivity contribution in [3.8, 4) is 6.07 Å². The van der Waals surface area contributed by atoms with Gasteiger partial charge in [0.1, 0.15) is 11.6 Å². The van der Waals surface area contributed by atoms with Crippen LogP contribution in [0.1, 0.15) is 36.6 Å². The Bertz CT molecular complexity index is 801. The maximum absolute atomic E-state index is 12.3. The highest BCUT2D eigenvalue weighted by Crippen LogP contribution is 2.16. The summed E-state index contributed by atoms with van der Waals surface area (Å²) in [5, 5.41) is 15.2. The first-order valence-corrected chi connectivity index (χ1v) is 8.37. The Morgan fingerprint density at radius 2 is 1.88 bits per heavy atom. The van der Waals surface area contributed by atoms with Gasteiger partial charge in [0, 0.05) is 11.9 Å². The van der Waals surface area contributed by atoms with Crippen LogP contribution in [0.25, 0.3) is 0 Å². The Kier molecular flexibility index (Phi) is 6.36. The number of anilines is 1. The van der Waals surface area contributed by atoms with Gasteiger partial charge in [-0.15, -0.1) is 0 Å². The molecule has 0 saturated carbocycles. The third kappa shape index (κ3) is 4.95. The normalized spacial score (nSPS) is 12.2. The second-order valence-corrected chi connectivity index (χ2v) is 5.92. The Morgan fingerprint density at radius 3 is 2.48 bits per heavy atom. The Balaban J connectivity index is 2.05. The highest BCUT2D eigenvalue weighted by atomic mass is 16.1. The lowest BCUT2D eigenvalue weighted by molar-refractivity contribution is -0.117. The van der Waals surface area contributed by atoms with Crippen LogP contribution in [0.3, 0.4) is 0 Å². The van der Waals surface area contributed by atoms with Gasteiger partial charge >= 0.3 is 0 Å². The molecule has 0 aromatic heterocycles. The topological polar surface area (TPSA) is 64.9 Å². The van der Waals surface area contributed by atoms with Gasteiger partial charge in [-0.05, 0) is 43.0 Å². The van der Waals surface area contributed by atoms with E-state index in [0.29, 0.717) is 0 Å². The van der Waals surface area contributed by atoms with Crippen LogP contribution in [0.2, 0.25) is 0 Å². The quantitative estimate of drug-likeness (QED) is 0.613. The van der Waals surface area contributed by atoms with Gasteiger partial charge in [0.25, 0.3) is 5.91 Å². The molecule has 128 valence electrons. The van der Waals surface area contributed by atoms with Gasteiger partial charge < -0.3 is 10.6 Å². The number of rotatable bonds is 6. The molecule has 0 saturated heterocycles. The summed E-state index contributed by atoms with van der Waals surface area (Å²) in [5.41, 5.74) is 4.21.